The number of anilines is 1. The van der Waals surface area contributed by atoms with Gasteiger partial charge in [-0.25, -0.2) is 4.39 Å². The quantitative estimate of drug-likeness (QED) is 0.343. The normalized spacial score (nSPS) is 23.6. The van der Waals surface area contributed by atoms with Crippen molar-refractivity contribution >= 4 is 35.6 Å². The van der Waals surface area contributed by atoms with Crippen LogP contribution in [0.3, 0.4) is 0 Å². The van der Waals surface area contributed by atoms with Crippen LogP contribution in [0.25, 0.3) is 0 Å². The summed E-state index contributed by atoms with van der Waals surface area (Å²) in [5.41, 5.74) is 1.12. The molecule has 2 N–H and O–H groups in total. The van der Waals surface area contributed by atoms with Gasteiger partial charge in [0, 0.05) is 50.9 Å². The molecule has 0 amide bonds. The molecule has 0 aromatic heterocycles. The van der Waals surface area contributed by atoms with Crippen molar-refractivity contribution in [1.29, 1.82) is 0 Å². The molecule has 2 aliphatic rings. The Kier molecular flexibility index (Phi) is 9.66. The summed E-state index contributed by atoms with van der Waals surface area (Å²) in [5.74, 6) is 1.19. The molecule has 1 aromatic rings. The van der Waals surface area contributed by atoms with E-state index in [-0.39, 0.29) is 41.3 Å². The molecule has 0 radical (unpaired) electrons. The Morgan fingerprint density at radius 2 is 1.97 bits per heavy atom. The molecular formula is C23H38FIN4O. The molecule has 0 saturated carbocycles. The first-order valence-corrected chi connectivity index (χ1v) is 11.0. The van der Waals surface area contributed by atoms with Gasteiger partial charge in [-0.3, -0.25) is 4.99 Å². The zero-order valence-electron chi connectivity index (χ0n) is 18.8. The number of benzene rings is 1. The second-order valence-corrected chi connectivity index (χ2v) is 9.40. The minimum Gasteiger partial charge on any atom is -0.377 e. The van der Waals surface area contributed by atoms with Gasteiger partial charge in [0.15, 0.2) is 5.96 Å². The van der Waals surface area contributed by atoms with Crippen LogP contribution in [-0.2, 0) is 4.74 Å². The third-order valence-electron chi connectivity index (χ3n) is 6.06. The van der Waals surface area contributed by atoms with E-state index in [1.165, 1.54) is 12.5 Å². The van der Waals surface area contributed by atoms with Crippen molar-refractivity contribution in [3.05, 3.63) is 30.1 Å². The number of hydrogen-bond donors (Lipinski definition) is 2. The van der Waals surface area contributed by atoms with Crippen LogP contribution in [-0.4, -0.2) is 51.4 Å². The van der Waals surface area contributed by atoms with Crippen LogP contribution in [0.5, 0.6) is 0 Å². The van der Waals surface area contributed by atoms with E-state index in [0.717, 1.165) is 57.2 Å². The maximum Gasteiger partial charge on any atom is 0.191 e. The van der Waals surface area contributed by atoms with E-state index in [9.17, 15) is 4.39 Å². The van der Waals surface area contributed by atoms with E-state index < -0.39 is 0 Å². The topological polar surface area (TPSA) is 48.9 Å². The largest absolute Gasteiger partial charge is 0.377 e. The second-order valence-electron chi connectivity index (χ2n) is 9.40. The van der Waals surface area contributed by atoms with Crippen molar-refractivity contribution in [3.63, 3.8) is 0 Å². The standard InChI is InChI=1S/C23H37FN4O.HI/c1-23(2,3)21-17(7-6-14-29-21)16-26-22(25-4)27-19-10-12-28(13-11-19)20-9-5-8-18(24)15-20;/h5,8-9,15,17,19,21H,6-7,10-14,16H2,1-4H3,(H2,25,26,27);1H. The van der Waals surface area contributed by atoms with Gasteiger partial charge in [-0.05, 0) is 49.3 Å². The predicted octanol–water partition coefficient (Wildman–Crippen LogP) is 4.42. The predicted molar refractivity (Wildman–Crippen MR) is 133 cm³/mol. The van der Waals surface area contributed by atoms with Crippen LogP contribution in [0.1, 0.15) is 46.5 Å². The summed E-state index contributed by atoms with van der Waals surface area (Å²) in [5, 5.41) is 7.11. The first-order valence-electron chi connectivity index (χ1n) is 11.0. The minimum absolute atomic E-state index is 0. The number of rotatable bonds is 4. The molecule has 1 aromatic carbocycles. The van der Waals surface area contributed by atoms with Gasteiger partial charge >= 0.3 is 0 Å². The molecule has 2 aliphatic heterocycles. The lowest BCUT2D eigenvalue weighted by atomic mass is 9.78. The zero-order valence-corrected chi connectivity index (χ0v) is 21.1. The van der Waals surface area contributed by atoms with Crippen LogP contribution in [0.15, 0.2) is 29.3 Å². The van der Waals surface area contributed by atoms with Crippen molar-refractivity contribution in [1.82, 2.24) is 10.6 Å². The van der Waals surface area contributed by atoms with E-state index >= 15 is 0 Å². The number of aliphatic imine (C=N–C) groups is 1. The summed E-state index contributed by atoms with van der Waals surface area (Å²) < 4.78 is 19.6. The Balaban J connectivity index is 0.00000320. The summed E-state index contributed by atoms with van der Waals surface area (Å²) in [6, 6.07) is 7.25. The first kappa shape index (κ1) is 25.2. The lowest BCUT2D eigenvalue weighted by Crippen LogP contribution is -2.51. The fourth-order valence-corrected chi connectivity index (χ4v) is 4.58. The van der Waals surface area contributed by atoms with Gasteiger partial charge in [-0.15, -0.1) is 24.0 Å². The number of nitrogens with zero attached hydrogens (tertiary/aromatic N) is 2. The summed E-state index contributed by atoms with van der Waals surface area (Å²) >= 11 is 0. The van der Waals surface area contributed by atoms with Crippen molar-refractivity contribution in [3.8, 4) is 0 Å². The molecule has 7 heteroatoms. The number of nitrogens with one attached hydrogen (secondary N) is 2. The van der Waals surface area contributed by atoms with Gasteiger partial charge in [-0.1, -0.05) is 26.8 Å². The molecule has 0 spiro atoms. The molecule has 2 heterocycles. The highest BCUT2D eigenvalue weighted by Crippen LogP contribution is 2.33. The van der Waals surface area contributed by atoms with E-state index in [0.29, 0.717) is 12.0 Å². The molecule has 30 heavy (non-hydrogen) atoms. The van der Waals surface area contributed by atoms with Crippen LogP contribution in [0.2, 0.25) is 0 Å². The monoisotopic (exact) mass is 532 g/mol. The molecule has 3 rings (SSSR count). The van der Waals surface area contributed by atoms with Crippen molar-refractivity contribution in [2.24, 2.45) is 16.3 Å². The molecule has 0 bridgehead atoms. The molecular weight excluding hydrogens is 494 g/mol. The number of hydrogen-bond acceptors (Lipinski definition) is 3. The van der Waals surface area contributed by atoms with Crippen molar-refractivity contribution in [2.75, 3.05) is 38.2 Å². The van der Waals surface area contributed by atoms with Crippen LogP contribution >= 0.6 is 24.0 Å². The van der Waals surface area contributed by atoms with Crippen molar-refractivity contribution in [2.45, 2.75) is 58.6 Å². The number of guanidine groups is 1. The molecule has 0 aliphatic carbocycles. The second kappa shape index (κ2) is 11.5. The lowest BCUT2D eigenvalue weighted by molar-refractivity contribution is -0.0835. The molecule has 5 nitrogen and oxygen atoms in total. The summed E-state index contributed by atoms with van der Waals surface area (Å²) in [4.78, 5) is 6.69. The number of ether oxygens (including phenoxy) is 1. The summed E-state index contributed by atoms with van der Waals surface area (Å²) in [6.07, 6.45) is 4.61. The highest BCUT2D eigenvalue weighted by Gasteiger charge is 2.35. The highest BCUT2D eigenvalue weighted by molar-refractivity contribution is 14.0. The molecule has 170 valence electrons. The first-order chi connectivity index (χ1) is 13.9. The zero-order chi connectivity index (χ0) is 20.9. The summed E-state index contributed by atoms with van der Waals surface area (Å²) in [6.45, 7) is 10.4. The minimum atomic E-state index is -0.174. The van der Waals surface area contributed by atoms with E-state index in [1.807, 2.05) is 13.1 Å². The third kappa shape index (κ3) is 6.97. The highest BCUT2D eigenvalue weighted by atomic mass is 127. The molecule has 2 fully saturated rings. The van der Waals surface area contributed by atoms with Gasteiger partial charge in [-0.2, -0.15) is 0 Å². The lowest BCUT2D eigenvalue weighted by Gasteiger charge is -2.40. The van der Waals surface area contributed by atoms with E-state index in [4.69, 9.17) is 4.74 Å². The average Bonchev–Trinajstić information content (AvgIpc) is 2.71. The Morgan fingerprint density at radius 1 is 1.23 bits per heavy atom. The fourth-order valence-electron chi connectivity index (χ4n) is 4.58. The smallest absolute Gasteiger partial charge is 0.191 e. The fraction of sp³-hybridized carbons (Fsp3) is 0.696. The number of piperidine rings is 1. The van der Waals surface area contributed by atoms with Gasteiger partial charge in [0.25, 0.3) is 0 Å². The molecule has 2 saturated heterocycles. The Morgan fingerprint density at radius 3 is 2.60 bits per heavy atom. The van der Waals surface area contributed by atoms with Gasteiger partial charge < -0.3 is 20.3 Å². The Bertz CT molecular complexity index is 686. The maximum atomic E-state index is 13.5. The molecule has 2 atom stereocenters. The number of halogens is 2. The average molecular weight is 532 g/mol. The van der Waals surface area contributed by atoms with Crippen LogP contribution < -0.4 is 15.5 Å². The maximum absolute atomic E-state index is 13.5. The Hall–Kier alpha value is -1.09. The molecule has 2 unspecified atom stereocenters. The van der Waals surface area contributed by atoms with Crippen LogP contribution in [0.4, 0.5) is 10.1 Å². The van der Waals surface area contributed by atoms with Crippen molar-refractivity contribution < 1.29 is 9.13 Å². The van der Waals surface area contributed by atoms with Gasteiger partial charge in [0.2, 0.25) is 0 Å². The summed E-state index contributed by atoms with van der Waals surface area (Å²) in [7, 11) is 1.83. The van der Waals surface area contributed by atoms with Gasteiger partial charge in [0.05, 0.1) is 6.10 Å². The van der Waals surface area contributed by atoms with Gasteiger partial charge in [0.1, 0.15) is 5.82 Å². The third-order valence-corrected chi connectivity index (χ3v) is 6.06. The van der Waals surface area contributed by atoms with E-state index in [1.54, 1.807) is 12.1 Å². The SMILES string of the molecule is CN=C(NCC1CCCOC1C(C)(C)C)NC1CCN(c2cccc(F)c2)CC1.I. The Labute approximate surface area is 198 Å². The van der Waals surface area contributed by atoms with Crippen LogP contribution in [0, 0.1) is 17.2 Å². The van der Waals surface area contributed by atoms with E-state index in [2.05, 4.69) is 41.3 Å².